The number of hydrogen-bond acceptors (Lipinski definition) is 5. The van der Waals surface area contributed by atoms with Crippen LogP contribution in [0, 0.1) is 0 Å². The zero-order valence-electron chi connectivity index (χ0n) is 13.6. The number of rotatable bonds is 5. The summed E-state index contributed by atoms with van der Waals surface area (Å²) in [6.07, 6.45) is 3.54. The summed E-state index contributed by atoms with van der Waals surface area (Å²) in [5.41, 5.74) is 0.817. The highest BCUT2D eigenvalue weighted by molar-refractivity contribution is 5.98. The number of hydrogen-bond donors (Lipinski definition) is 2. The predicted molar refractivity (Wildman–Crippen MR) is 93.3 cm³/mol. The molecule has 0 unspecified atom stereocenters. The van der Waals surface area contributed by atoms with Crippen molar-refractivity contribution in [3.63, 3.8) is 0 Å². The van der Waals surface area contributed by atoms with Gasteiger partial charge in [-0.3, -0.25) is 0 Å². The summed E-state index contributed by atoms with van der Waals surface area (Å²) < 4.78 is 16.0. The van der Waals surface area contributed by atoms with Gasteiger partial charge >= 0.3 is 5.97 Å². The van der Waals surface area contributed by atoms with Crippen LogP contribution in [0.4, 0.5) is 0 Å². The lowest BCUT2D eigenvalue weighted by Gasteiger charge is -2.07. The molecular formula is C19H16O6. The molecule has 0 saturated heterocycles. The van der Waals surface area contributed by atoms with Gasteiger partial charge in [0.2, 0.25) is 0 Å². The lowest BCUT2D eigenvalue weighted by molar-refractivity contribution is 0.0694. The van der Waals surface area contributed by atoms with Gasteiger partial charge in [0.1, 0.15) is 11.3 Å². The van der Waals surface area contributed by atoms with Crippen molar-refractivity contribution >= 4 is 29.1 Å². The smallest absolute Gasteiger partial charge is 0.339 e. The van der Waals surface area contributed by atoms with Crippen molar-refractivity contribution in [3.05, 3.63) is 53.3 Å². The second-order valence-corrected chi connectivity index (χ2v) is 5.28. The van der Waals surface area contributed by atoms with E-state index in [1.807, 2.05) is 18.2 Å². The maximum absolute atomic E-state index is 11.1. The highest BCUT2D eigenvalue weighted by Crippen LogP contribution is 2.32. The minimum absolute atomic E-state index is 0.145. The van der Waals surface area contributed by atoms with Gasteiger partial charge in [0.25, 0.3) is 0 Å². The summed E-state index contributed by atoms with van der Waals surface area (Å²) in [4.78, 5) is 11.1. The van der Waals surface area contributed by atoms with E-state index in [4.69, 9.17) is 19.0 Å². The molecule has 6 heteroatoms. The summed E-state index contributed by atoms with van der Waals surface area (Å²) in [5, 5.41) is 19.7. The van der Waals surface area contributed by atoms with Gasteiger partial charge in [0.15, 0.2) is 22.8 Å². The molecule has 2 N–H and O–H groups in total. The summed E-state index contributed by atoms with van der Waals surface area (Å²) >= 11 is 0. The highest BCUT2D eigenvalue weighted by Gasteiger charge is 2.15. The van der Waals surface area contributed by atoms with Gasteiger partial charge in [-0.15, -0.1) is 0 Å². The molecule has 0 radical (unpaired) electrons. The van der Waals surface area contributed by atoms with Crippen molar-refractivity contribution in [3.8, 4) is 17.2 Å². The van der Waals surface area contributed by atoms with Crippen LogP contribution in [0.5, 0.6) is 17.2 Å². The molecule has 0 aliphatic heterocycles. The van der Waals surface area contributed by atoms with E-state index in [2.05, 4.69) is 0 Å². The first-order valence-corrected chi connectivity index (χ1v) is 7.42. The molecule has 0 aliphatic rings. The number of carboxylic acid groups (broad SMARTS) is 1. The third kappa shape index (κ3) is 3.14. The van der Waals surface area contributed by atoms with Crippen LogP contribution >= 0.6 is 0 Å². The summed E-state index contributed by atoms with van der Waals surface area (Å²) in [6, 6.07) is 10.1. The Morgan fingerprint density at radius 1 is 1.04 bits per heavy atom. The Bertz CT molecular complexity index is 967. The molecule has 0 fully saturated rings. The van der Waals surface area contributed by atoms with Gasteiger partial charge in [-0.1, -0.05) is 12.1 Å². The Labute approximate surface area is 143 Å². The van der Waals surface area contributed by atoms with E-state index in [-0.39, 0.29) is 16.9 Å². The summed E-state index contributed by atoms with van der Waals surface area (Å²) in [7, 11) is 3.13. The van der Waals surface area contributed by atoms with Crippen LogP contribution in [0.1, 0.15) is 21.7 Å². The molecule has 25 heavy (non-hydrogen) atoms. The number of ether oxygens (including phenoxy) is 2. The third-order valence-corrected chi connectivity index (χ3v) is 3.76. The van der Waals surface area contributed by atoms with Crippen LogP contribution in [-0.4, -0.2) is 30.4 Å². The minimum Gasteiger partial charge on any atom is -0.504 e. The molecule has 0 aliphatic carbocycles. The molecular weight excluding hydrogens is 324 g/mol. The number of aromatic carboxylic acids is 1. The number of fused-ring (bicyclic) bond motifs is 1. The van der Waals surface area contributed by atoms with E-state index in [1.165, 1.54) is 6.07 Å². The molecule has 0 bridgehead atoms. The summed E-state index contributed by atoms with van der Waals surface area (Å²) in [6.45, 7) is 0. The fourth-order valence-corrected chi connectivity index (χ4v) is 2.50. The lowest BCUT2D eigenvalue weighted by Crippen LogP contribution is -1.95. The van der Waals surface area contributed by atoms with E-state index in [9.17, 15) is 9.90 Å². The fraction of sp³-hybridized carbons (Fsp3) is 0.105. The normalized spacial score (nSPS) is 11.1. The molecule has 1 aromatic heterocycles. The number of carbonyl (C=O) groups is 1. The molecule has 6 nitrogen and oxygen atoms in total. The van der Waals surface area contributed by atoms with E-state index >= 15 is 0 Å². The molecule has 0 amide bonds. The minimum atomic E-state index is -1.21. The van der Waals surface area contributed by atoms with Crippen molar-refractivity contribution < 1.29 is 28.9 Å². The van der Waals surface area contributed by atoms with Crippen LogP contribution < -0.4 is 9.47 Å². The highest BCUT2D eigenvalue weighted by atomic mass is 16.5. The Morgan fingerprint density at radius 3 is 2.48 bits per heavy atom. The first kappa shape index (κ1) is 16.4. The van der Waals surface area contributed by atoms with Gasteiger partial charge < -0.3 is 24.1 Å². The molecule has 0 atom stereocenters. The SMILES string of the molecule is COc1ccc(/C=C/c2cc3ccc(C(=O)O)c(O)c3o2)cc1OC. The maximum atomic E-state index is 11.1. The quantitative estimate of drug-likeness (QED) is 0.729. The Kier molecular flexibility index (Phi) is 4.35. The molecule has 1 heterocycles. The van der Waals surface area contributed by atoms with Crippen molar-refractivity contribution in [1.82, 2.24) is 0 Å². The first-order chi connectivity index (χ1) is 12.0. The topological polar surface area (TPSA) is 89.1 Å². The molecule has 128 valence electrons. The second-order valence-electron chi connectivity index (χ2n) is 5.28. The van der Waals surface area contributed by atoms with E-state index < -0.39 is 5.97 Å². The van der Waals surface area contributed by atoms with Crippen molar-refractivity contribution in [1.29, 1.82) is 0 Å². The number of benzene rings is 2. The van der Waals surface area contributed by atoms with Crippen LogP contribution in [-0.2, 0) is 0 Å². The zero-order chi connectivity index (χ0) is 18.0. The zero-order valence-corrected chi connectivity index (χ0v) is 13.6. The van der Waals surface area contributed by atoms with Crippen LogP contribution in [0.3, 0.4) is 0 Å². The summed E-state index contributed by atoms with van der Waals surface area (Å²) in [5.74, 6) is 0.143. The van der Waals surface area contributed by atoms with Gasteiger partial charge in [-0.2, -0.15) is 0 Å². The van der Waals surface area contributed by atoms with Crippen molar-refractivity contribution in [2.45, 2.75) is 0 Å². The molecule has 0 spiro atoms. The van der Waals surface area contributed by atoms with Crippen molar-refractivity contribution in [2.75, 3.05) is 14.2 Å². The molecule has 3 aromatic rings. The number of phenols is 1. The monoisotopic (exact) mass is 340 g/mol. The Morgan fingerprint density at radius 2 is 1.80 bits per heavy atom. The van der Waals surface area contributed by atoms with Gasteiger partial charge in [-0.25, -0.2) is 4.79 Å². The Balaban J connectivity index is 1.94. The first-order valence-electron chi connectivity index (χ1n) is 7.42. The van der Waals surface area contributed by atoms with E-state index in [1.54, 1.807) is 38.5 Å². The second kappa shape index (κ2) is 6.60. The number of furan rings is 1. The number of aromatic hydroxyl groups is 1. The predicted octanol–water partition coefficient (Wildman–Crippen LogP) is 4.02. The number of carboxylic acids is 1. The molecule has 3 rings (SSSR count). The van der Waals surface area contributed by atoms with Gasteiger partial charge in [0.05, 0.1) is 14.2 Å². The van der Waals surface area contributed by atoms with Crippen molar-refractivity contribution in [2.24, 2.45) is 0 Å². The van der Waals surface area contributed by atoms with Gasteiger partial charge in [-0.05, 0) is 42.0 Å². The fourth-order valence-electron chi connectivity index (χ4n) is 2.50. The van der Waals surface area contributed by atoms with E-state index in [0.29, 0.717) is 22.6 Å². The average Bonchev–Trinajstić information content (AvgIpc) is 3.03. The van der Waals surface area contributed by atoms with Crippen LogP contribution in [0.25, 0.3) is 23.1 Å². The maximum Gasteiger partial charge on any atom is 0.339 e. The Hall–Kier alpha value is -3.41. The third-order valence-electron chi connectivity index (χ3n) is 3.76. The average molecular weight is 340 g/mol. The largest absolute Gasteiger partial charge is 0.504 e. The molecule has 2 aromatic carbocycles. The molecule has 0 saturated carbocycles. The number of methoxy groups -OCH3 is 2. The lowest BCUT2D eigenvalue weighted by atomic mass is 10.1. The van der Waals surface area contributed by atoms with Gasteiger partial charge in [0, 0.05) is 5.39 Å². The van der Waals surface area contributed by atoms with E-state index in [0.717, 1.165) is 5.56 Å². The van der Waals surface area contributed by atoms with Crippen LogP contribution in [0.2, 0.25) is 0 Å². The van der Waals surface area contributed by atoms with Crippen LogP contribution in [0.15, 0.2) is 40.8 Å². The standard InChI is InChI=1S/C19H16O6/c1-23-15-8-4-11(9-16(15)24-2)3-6-13-10-12-5-7-14(19(21)22)17(20)18(12)25-13/h3-10,20H,1-2H3,(H,21,22)/b6-3+.